The number of carbonyl (C=O) groups is 3. The molecule has 0 unspecified atom stereocenters. The lowest BCUT2D eigenvalue weighted by Crippen LogP contribution is -2.50. The summed E-state index contributed by atoms with van der Waals surface area (Å²) in [5, 5.41) is 6.23. The summed E-state index contributed by atoms with van der Waals surface area (Å²) in [6.45, 7) is 9.83. The molecule has 2 aromatic heterocycles. The number of fused-ring (bicyclic) bond motifs is 1. The number of likely N-dealkylation sites (tertiary alicyclic amines) is 1. The first-order valence-corrected chi connectivity index (χ1v) is 15.2. The van der Waals surface area contributed by atoms with Gasteiger partial charge in [-0.3, -0.25) is 9.36 Å². The molecule has 1 aliphatic heterocycles. The first-order valence-electron chi connectivity index (χ1n) is 15.2. The Morgan fingerprint density at radius 1 is 0.978 bits per heavy atom. The number of aromatic nitrogens is 2. The molecule has 12 nitrogen and oxygen atoms in total. The van der Waals surface area contributed by atoms with Crippen molar-refractivity contribution in [2.45, 2.75) is 39.2 Å². The normalized spacial score (nSPS) is 13.2. The fourth-order valence-electron chi connectivity index (χ4n) is 4.92. The summed E-state index contributed by atoms with van der Waals surface area (Å²) in [6.07, 6.45) is 2.90. The van der Waals surface area contributed by atoms with Crippen LogP contribution in [0.2, 0.25) is 0 Å². The van der Waals surface area contributed by atoms with Gasteiger partial charge < -0.3 is 34.5 Å². The molecule has 242 valence electrons. The maximum Gasteiger partial charge on any atom is 0.410 e. The Bertz CT molecular complexity index is 1710. The van der Waals surface area contributed by atoms with Crippen molar-refractivity contribution in [3.05, 3.63) is 78.1 Å². The van der Waals surface area contributed by atoms with Gasteiger partial charge in [-0.05, 0) is 63.6 Å². The molecule has 0 atom stereocenters. The van der Waals surface area contributed by atoms with Crippen LogP contribution in [0.4, 0.5) is 15.4 Å². The van der Waals surface area contributed by atoms with Gasteiger partial charge >= 0.3 is 12.1 Å². The van der Waals surface area contributed by atoms with Crippen LogP contribution in [-0.2, 0) is 9.47 Å². The zero-order valence-electron chi connectivity index (χ0n) is 26.7. The monoisotopic (exact) mass is 629 g/mol. The van der Waals surface area contributed by atoms with E-state index < -0.39 is 5.60 Å². The third-order valence-corrected chi connectivity index (χ3v) is 7.26. The summed E-state index contributed by atoms with van der Waals surface area (Å²) < 4.78 is 24.5. The van der Waals surface area contributed by atoms with E-state index in [2.05, 4.69) is 15.6 Å². The molecule has 2 aromatic carbocycles. The highest BCUT2D eigenvalue weighted by molar-refractivity contribution is 6.03. The summed E-state index contributed by atoms with van der Waals surface area (Å²) in [6, 6.07) is 15.7. The number of rotatable bonds is 10. The maximum absolute atomic E-state index is 13.0. The molecule has 0 aliphatic carbocycles. The number of hydrogen-bond donors (Lipinski definition) is 2. The van der Waals surface area contributed by atoms with E-state index in [1.165, 1.54) is 10.8 Å². The van der Waals surface area contributed by atoms with Crippen LogP contribution in [0.3, 0.4) is 0 Å². The minimum Gasteiger partial charge on any atom is -0.487 e. The molecule has 1 aliphatic rings. The number of anilines is 1. The Hall–Kier alpha value is -5.10. The van der Waals surface area contributed by atoms with Gasteiger partial charge in [0, 0.05) is 68.1 Å². The molecule has 3 amide bonds. The van der Waals surface area contributed by atoms with Crippen LogP contribution >= 0.6 is 0 Å². The number of nitrogens with zero attached hydrogens (tertiary/aromatic N) is 3. The van der Waals surface area contributed by atoms with E-state index in [1.807, 2.05) is 45.9 Å². The lowest BCUT2D eigenvalue weighted by molar-refractivity contribution is 0.00818. The fraction of sp³-hybridized carbons (Fsp3) is 0.353. The van der Waals surface area contributed by atoms with Crippen molar-refractivity contribution in [1.29, 1.82) is 0 Å². The average molecular weight is 630 g/mol. The second kappa shape index (κ2) is 13.9. The number of amides is 3. The van der Waals surface area contributed by atoms with Gasteiger partial charge in [-0.15, -0.1) is 0 Å². The van der Waals surface area contributed by atoms with Gasteiger partial charge in [0.1, 0.15) is 23.8 Å². The van der Waals surface area contributed by atoms with Gasteiger partial charge in [-0.2, -0.15) is 0 Å². The van der Waals surface area contributed by atoms with Gasteiger partial charge in [0.25, 0.3) is 5.91 Å². The van der Waals surface area contributed by atoms with Gasteiger partial charge in [-0.1, -0.05) is 12.1 Å². The van der Waals surface area contributed by atoms with Gasteiger partial charge in [-0.25, -0.2) is 14.6 Å². The van der Waals surface area contributed by atoms with Crippen molar-refractivity contribution in [3.63, 3.8) is 0 Å². The summed E-state index contributed by atoms with van der Waals surface area (Å²) in [5.74, 6) is 1.47. The van der Waals surface area contributed by atoms with Crippen molar-refractivity contribution in [1.82, 2.24) is 19.8 Å². The molecule has 0 bridgehead atoms. The van der Waals surface area contributed by atoms with Crippen LogP contribution in [0.1, 0.15) is 49.5 Å². The highest BCUT2D eigenvalue weighted by atomic mass is 16.6. The van der Waals surface area contributed by atoms with Crippen molar-refractivity contribution in [2.75, 3.05) is 45.3 Å². The third-order valence-electron chi connectivity index (χ3n) is 7.26. The molecule has 1 fully saturated rings. The van der Waals surface area contributed by atoms with E-state index in [0.29, 0.717) is 60.4 Å². The molecular weight excluding hydrogens is 590 g/mol. The van der Waals surface area contributed by atoms with Gasteiger partial charge in [0.05, 0.1) is 12.1 Å². The topological polar surface area (TPSA) is 133 Å². The van der Waals surface area contributed by atoms with Crippen LogP contribution in [0.5, 0.6) is 17.2 Å². The van der Waals surface area contributed by atoms with Crippen molar-refractivity contribution >= 4 is 34.8 Å². The molecule has 2 N–H and O–H groups in total. The molecule has 5 rings (SSSR count). The molecule has 12 heteroatoms. The number of benzene rings is 2. The van der Waals surface area contributed by atoms with Crippen LogP contribution < -0.4 is 20.1 Å². The summed E-state index contributed by atoms with van der Waals surface area (Å²) in [7, 11) is 1.57. The lowest BCUT2D eigenvalue weighted by Gasteiger charge is -2.40. The van der Waals surface area contributed by atoms with E-state index in [0.717, 1.165) is 10.9 Å². The Morgan fingerprint density at radius 2 is 1.74 bits per heavy atom. The van der Waals surface area contributed by atoms with Gasteiger partial charge in [0.15, 0.2) is 11.5 Å². The van der Waals surface area contributed by atoms with Gasteiger partial charge in [0.2, 0.25) is 0 Å². The quantitative estimate of drug-likeness (QED) is 0.204. The summed E-state index contributed by atoms with van der Waals surface area (Å²) >= 11 is 0. The van der Waals surface area contributed by atoms with Crippen LogP contribution in [0.25, 0.3) is 10.9 Å². The number of carbonyl (C=O) groups excluding carboxylic acids is 3. The molecule has 4 aromatic rings. The molecule has 3 heterocycles. The standard InChI is InChI=1S/C34H39N5O7/c1-6-43-15-16-44-28-19-27-24(12-14-39(27)32(41)35-5)17-29(28)45-26-11-13-36-30(18-26)37-31(40)23-9-7-22(8-10-23)25-20-38(21-25)33(42)46-34(2,3)4/h7-14,17-19,25H,6,15-16,20-21H2,1-5H3,(H,35,41)(H,36,37,40). The van der Waals surface area contributed by atoms with E-state index in [1.54, 1.807) is 54.5 Å². The predicted molar refractivity (Wildman–Crippen MR) is 173 cm³/mol. The smallest absolute Gasteiger partial charge is 0.410 e. The van der Waals surface area contributed by atoms with Crippen LogP contribution in [0.15, 0.2) is 67.0 Å². The summed E-state index contributed by atoms with van der Waals surface area (Å²) in [5.41, 5.74) is 1.64. The minimum atomic E-state index is -0.533. The summed E-state index contributed by atoms with van der Waals surface area (Å²) in [4.78, 5) is 43.6. The van der Waals surface area contributed by atoms with Crippen LogP contribution in [-0.4, -0.2) is 78.0 Å². The average Bonchev–Trinajstić information content (AvgIpc) is 3.40. The highest BCUT2D eigenvalue weighted by Gasteiger charge is 2.34. The molecule has 0 spiro atoms. The molecule has 0 radical (unpaired) electrons. The molecule has 0 saturated carbocycles. The molecule has 46 heavy (non-hydrogen) atoms. The second-order valence-corrected chi connectivity index (χ2v) is 11.8. The first-order chi connectivity index (χ1) is 22.0. The first kappa shape index (κ1) is 32.3. The molecule has 1 saturated heterocycles. The van der Waals surface area contributed by atoms with E-state index >= 15 is 0 Å². The third kappa shape index (κ3) is 7.75. The van der Waals surface area contributed by atoms with Crippen molar-refractivity contribution in [2.24, 2.45) is 0 Å². The Balaban J connectivity index is 1.25. The fourth-order valence-corrected chi connectivity index (χ4v) is 4.92. The maximum atomic E-state index is 13.0. The second-order valence-electron chi connectivity index (χ2n) is 11.8. The highest BCUT2D eigenvalue weighted by Crippen LogP contribution is 2.37. The number of hydrogen-bond acceptors (Lipinski definition) is 8. The van der Waals surface area contributed by atoms with E-state index in [4.69, 9.17) is 18.9 Å². The number of pyridine rings is 1. The Labute approximate surface area is 267 Å². The van der Waals surface area contributed by atoms with Crippen molar-refractivity contribution < 1.29 is 33.3 Å². The Kier molecular flexibility index (Phi) is 9.76. The lowest BCUT2D eigenvalue weighted by atomic mass is 9.91. The van der Waals surface area contributed by atoms with E-state index in [-0.39, 0.29) is 30.6 Å². The predicted octanol–water partition coefficient (Wildman–Crippen LogP) is 6.02. The van der Waals surface area contributed by atoms with Crippen LogP contribution in [0, 0.1) is 0 Å². The number of ether oxygens (including phenoxy) is 4. The number of nitrogens with one attached hydrogen (secondary N) is 2. The zero-order chi connectivity index (χ0) is 32.8. The zero-order valence-corrected chi connectivity index (χ0v) is 26.7. The minimum absolute atomic E-state index is 0.190. The Morgan fingerprint density at radius 3 is 2.43 bits per heavy atom. The SMILES string of the molecule is CCOCCOc1cc2c(ccn2C(=O)NC)cc1Oc1ccnc(NC(=O)c2ccc(C3CN(C(=O)OC(C)(C)C)C3)cc2)c1. The van der Waals surface area contributed by atoms with Crippen molar-refractivity contribution in [3.8, 4) is 17.2 Å². The van der Waals surface area contributed by atoms with E-state index in [9.17, 15) is 14.4 Å². The molecular formula is C34H39N5O7. The largest absolute Gasteiger partial charge is 0.487 e.